The van der Waals surface area contributed by atoms with E-state index in [0.717, 1.165) is 38.4 Å². The predicted molar refractivity (Wildman–Crippen MR) is 92.6 cm³/mol. The molecule has 0 unspecified atom stereocenters. The molecule has 2 aliphatic carbocycles. The van der Waals surface area contributed by atoms with Crippen LogP contribution in [-0.2, 0) is 15.6 Å². The third-order valence-electron chi connectivity index (χ3n) is 7.14. The molecule has 2 saturated carbocycles. The molecular formula is C19H23N5O. The molecule has 2 aromatic rings. The summed E-state index contributed by atoms with van der Waals surface area (Å²) in [7, 11) is 0. The Morgan fingerprint density at radius 1 is 1.12 bits per heavy atom. The molecule has 0 radical (unpaired) electrons. The zero-order valence-electron chi connectivity index (χ0n) is 14.4. The summed E-state index contributed by atoms with van der Waals surface area (Å²) in [6, 6.07) is 9.05. The standard InChI is InChI=1S/C19H23N5O/c1-2-6-15-14(5-1)17(7-3-4-8-17)11-24(15)12-19-9-18(10-19,13-25-19)16-20-22-23-21-16/h1-2,5-6H,3-4,7-13H2,(H,20,21,22,23). The molecule has 25 heavy (non-hydrogen) atoms. The SMILES string of the molecule is c1ccc2c(c1)N(CC13CC(c4nn[nH]n4)(CO1)C3)CC21CCCC1. The van der Waals surface area contributed by atoms with Crippen molar-refractivity contribution in [1.82, 2.24) is 20.6 Å². The van der Waals surface area contributed by atoms with Gasteiger partial charge in [-0.15, -0.1) is 10.2 Å². The Balaban J connectivity index is 1.27. The fraction of sp³-hybridized carbons (Fsp3) is 0.632. The number of rotatable bonds is 3. The average molecular weight is 337 g/mol. The van der Waals surface area contributed by atoms with Gasteiger partial charge in [0.25, 0.3) is 0 Å². The van der Waals surface area contributed by atoms with Crippen molar-refractivity contribution in [2.45, 2.75) is 55.0 Å². The molecule has 0 amide bonds. The molecule has 5 aliphatic rings. The van der Waals surface area contributed by atoms with Gasteiger partial charge in [-0.3, -0.25) is 0 Å². The van der Waals surface area contributed by atoms with Gasteiger partial charge in [0.05, 0.1) is 17.6 Å². The number of hydrogen-bond acceptors (Lipinski definition) is 5. The van der Waals surface area contributed by atoms with Crippen molar-refractivity contribution in [3.05, 3.63) is 35.7 Å². The highest BCUT2D eigenvalue weighted by Crippen LogP contribution is 2.59. The molecule has 2 bridgehead atoms. The van der Waals surface area contributed by atoms with Gasteiger partial charge in [-0.25, -0.2) is 0 Å². The summed E-state index contributed by atoms with van der Waals surface area (Å²) in [4.78, 5) is 2.60. The van der Waals surface area contributed by atoms with E-state index in [1.807, 2.05) is 0 Å². The van der Waals surface area contributed by atoms with E-state index in [1.165, 1.54) is 31.4 Å². The van der Waals surface area contributed by atoms with Crippen LogP contribution in [0.5, 0.6) is 0 Å². The molecule has 6 nitrogen and oxygen atoms in total. The quantitative estimate of drug-likeness (QED) is 0.931. The van der Waals surface area contributed by atoms with Crippen LogP contribution in [0.2, 0.25) is 0 Å². The van der Waals surface area contributed by atoms with Crippen molar-refractivity contribution >= 4 is 5.69 Å². The molecule has 7 rings (SSSR count). The molecule has 4 heterocycles. The number of nitrogens with zero attached hydrogens (tertiary/aromatic N) is 4. The van der Waals surface area contributed by atoms with Crippen molar-refractivity contribution in [3.63, 3.8) is 0 Å². The number of tetrazole rings is 1. The highest BCUT2D eigenvalue weighted by Gasteiger charge is 2.66. The van der Waals surface area contributed by atoms with Crippen LogP contribution in [0.1, 0.15) is 49.9 Å². The second-order valence-corrected chi connectivity index (χ2v) is 8.70. The Hall–Kier alpha value is -1.95. The molecule has 4 fully saturated rings. The number of aromatic nitrogens is 4. The molecule has 1 aromatic carbocycles. The summed E-state index contributed by atoms with van der Waals surface area (Å²) < 4.78 is 6.31. The summed E-state index contributed by atoms with van der Waals surface area (Å²) in [6.45, 7) is 2.88. The fourth-order valence-corrected chi connectivity index (χ4v) is 6.15. The van der Waals surface area contributed by atoms with Gasteiger partial charge in [-0.2, -0.15) is 5.21 Å². The van der Waals surface area contributed by atoms with Crippen molar-refractivity contribution in [3.8, 4) is 0 Å². The third kappa shape index (κ3) is 1.81. The van der Waals surface area contributed by atoms with E-state index in [-0.39, 0.29) is 11.0 Å². The third-order valence-corrected chi connectivity index (χ3v) is 7.14. The van der Waals surface area contributed by atoms with Crippen LogP contribution in [-0.4, -0.2) is 45.9 Å². The average Bonchev–Trinajstić information content (AvgIpc) is 3.39. The monoisotopic (exact) mass is 337 g/mol. The molecule has 1 N–H and O–H groups in total. The molecule has 2 saturated heterocycles. The van der Waals surface area contributed by atoms with Gasteiger partial charge in [0.2, 0.25) is 0 Å². The number of benzene rings is 1. The molecule has 6 heteroatoms. The topological polar surface area (TPSA) is 66.9 Å². The van der Waals surface area contributed by atoms with Gasteiger partial charge in [-0.1, -0.05) is 36.3 Å². The van der Waals surface area contributed by atoms with Gasteiger partial charge in [0, 0.05) is 24.2 Å². The maximum atomic E-state index is 6.31. The summed E-state index contributed by atoms with van der Waals surface area (Å²) in [5.74, 6) is 0.828. The van der Waals surface area contributed by atoms with Gasteiger partial charge in [-0.05, 0) is 37.3 Å². The Bertz CT molecular complexity index is 805. The normalized spacial score (nSPS) is 34.5. The molecular weight excluding hydrogens is 314 g/mol. The number of ether oxygens (including phenoxy) is 1. The van der Waals surface area contributed by atoms with Gasteiger partial charge in [0.15, 0.2) is 5.82 Å². The number of fused-ring (bicyclic) bond motifs is 3. The lowest BCUT2D eigenvalue weighted by atomic mass is 9.62. The summed E-state index contributed by atoms with van der Waals surface area (Å²) in [5, 5.41) is 14.8. The van der Waals surface area contributed by atoms with Gasteiger partial charge >= 0.3 is 0 Å². The molecule has 1 aromatic heterocycles. The summed E-state index contributed by atoms with van der Waals surface area (Å²) >= 11 is 0. The Morgan fingerprint density at radius 3 is 2.76 bits per heavy atom. The van der Waals surface area contributed by atoms with Crippen LogP contribution in [0.3, 0.4) is 0 Å². The number of H-pyrrole nitrogens is 1. The van der Waals surface area contributed by atoms with Crippen LogP contribution in [0.15, 0.2) is 24.3 Å². The number of para-hydroxylation sites is 1. The van der Waals surface area contributed by atoms with Crippen LogP contribution < -0.4 is 4.90 Å². The highest BCUT2D eigenvalue weighted by atomic mass is 16.5. The Morgan fingerprint density at radius 2 is 1.96 bits per heavy atom. The minimum atomic E-state index is -0.0299. The highest BCUT2D eigenvalue weighted by molar-refractivity contribution is 5.63. The zero-order chi connectivity index (χ0) is 16.5. The minimum absolute atomic E-state index is 0.00269. The summed E-state index contributed by atoms with van der Waals surface area (Å²) in [5.41, 5.74) is 3.37. The van der Waals surface area contributed by atoms with Crippen LogP contribution in [0.25, 0.3) is 0 Å². The molecule has 0 atom stereocenters. The molecule has 1 spiro atoms. The van der Waals surface area contributed by atoms with E-state index in [0.29, 0.717) is 5.41 Å². The lowest BCUT2D eigenvalue weighted by molar-refractivity contribution is 0.00338. The fourth-order valence-electron chi connectivity index (χ4n) is 6.15. The van der Waals surface area contributed by atoms with Gasteiger partial charge < -0.3 is 9.64 Å². The van der Waals surface area contributed by atoms with Crippen molar-refractivity contribution in [2.75, 3.05) is 24.6 Å². The number of anilines is 1. The summed E-state index contributed by atoms with van der Waals surface area (Å²) in [6.07, 6.45) is 7.44. The van der Waals surface area contributed by atoms with Crippen LogP contribution >= 0.6 is 0 Å². The van der Waals surface area contributed by atoms with Crippen molar-refractivity contribution < 1.29 is 4.74 Å². The first-order chi connectivity index (χ1) is 12.2. The van der Waals surface area contributed by atoms with E-state index >= 15 is 0 Å². The first-order valence-corrected chi connectivity index (χ1v) is 9.45. The van der Waals surface area contributed by atoms with Crippen molar-refractivity contribution in [2.24, 2.45) is 0 Å². The van der Waals surface area contributed by atoms with E-state index in [2.05, 4.69) is 49.8 Å². The number of nitrogens with one attached hydrogen (secondary N) is 1. The first kappa shape index (κ1) is 14.2. The van der Waals surface area contributed by atoms with Crippen LogP contribution in [0.4, 0.5) is 5.69 Å². The second-order valence-electron chi connectivity index (χ2n) is 8.70. The van der Waals surface area contributed by atoms with E-state index in [9.17, 15) is 0 Å². The minimum Gasteiger partial charge on any atom is -0.372 e. The number of hydrogen-bond donors (Lipinski definition) is 1. The second kappa shape index (κ2) is 4.61. The van der Waals surface area contributed by atoms with Crippen LogP contribution in [0, 0.1) is 0 Å². The van der Waals surface area contributed by atoms with E-state index in [1.54, 1.807) is 5.56 Å². The van der Waals surface area contributed by atoms with Crippen molar-refractivity contribution in [1.29, 1.82) is 0 Å². The maximum Gasteiger partial charge on any atom is 0.183 e. The number of aromatic amines is 1. The smallest absolute Gasteiger partial charge is 0.183 e. The maximum absolute atomic E-state index is 6.31. The molecule has 130 valence electrons. The Labute approximate surface area is 146 Å². The van der Waals surface area contributed by atoms with E-state index < -0.39 is 0 Å². The van der Waals surface area contributed by atoms with Gasteiger partial charge in [0.1, 0.15) is 0 Å². The lowest BCUT2D eigenvalue weighted by Crippen LogP contribution is -2.54. The molecule has 3 aliphatic heterocycles. The zero-order valence-corrected chi connectivity index (χ0v) is 14.4. The Kier molecular flexibility index (Phi) is 2.63. The predicted octanol–water partition coefficient (Wildman–Crippen LogP) is 2.33. The van der Waals surface area contributed by atoms with E-state index in [4.69, 9.17) is 4.74 Å². The largest absolute Gasteiger partial charge is 0.372 e. The first-order valence-electron chi connectivity index (χ1n) is 9.45. The lowest BCUT2D eigenvalue weighted by Gasteiger charge is -2.45.